The fourth-order valence-electron chi connectivity index (χ4n) is 2.00. The first-order chi connectivity index (χ1) is 5.72. The van der Waals surface area contributed by atoms with Crippen LogP contribution in [0.2, 0.25) is 0 Å². The minimum Gasteiger partial charge on any atom is -0.0836 e. The van der Waals surface area contributed by atoms with Gasteiger partial charge in [-0.05, 0) is 23.0 Å². The molecular formula is C11H13Br. The Labute approximate surface area is 82.1 Å². The van der Waals surface area contributed by atoms with Crippen molar-refractivity contribution in [1.29, 1.82) is 0 Å². The third kappa shape index (κ3) is 1.03. The monoisotopic (exact) mass is 224 g/mol. The zero-order chi connectivity index (χ0) is 8.72. The lowest BCUT2D eigenvalue weighted by atomic mass is 9.97. The van der Waals surface area contributed by atoms with Gasteiger partial charge in [-0.1, -0.05) is 54.0 Å². The number of benzene rings is 1. The summed E-state index contributed by atoms with van der Waals surface area (Å²) in [7, 11) is 0. The van der Waals surface area contributed by atoms with Crippen molar-refractivity contribution < 1.29 is 0 Å². The van der Waals surface area contributed by atoms with E-state index in [0.717, 1.165) is 5.92 Å². The second kappa shape index (κ2) is 2.88. The Balaban J connectivity index is 2.52. The highest BCUT2D eigenvalue weighted by atomic mass is 79.9. The molecule has 0 aromatic heterocycles. The van der Waals surface area contributed by atoms with Crippen molar-refractivity contribution in [2.75, 3.05) is 0 Å². The summed E-state index contributed by atoms with van der Waals surface area (Å²) in [5, 5.41) is 0. The highest BCUT2D eigenvalue weighted by Gasteiger charge is 2.32. The molecule has 0 saturated carbocycles. The van der Waals surface area contributed by atoms with E-state index in [9.17, 15) is 0 Å². The zero-order valence-electron chi connectivity index (χ0n) is 7.42. The first kappa shape index (κ1) is 8.31. The molecule has 1 aliphatic carbocycles. The van der Waals surface area contributed by atoms with Crippen LogP contribution in [0.25, 0.3) is 0 Å². The largest absolute Gasteiger partial charge is 0.0836 e. The molecule has 0 fully saturated rings. The van der Waals surface area contributed by atoms with E-state index < -0.39 is 0 Å². The predicted molar refractivity (Wildman–Crippen MR) is 55.7 cm³/mol. The molecule has 3 atom stereocenters. The van der Waals surface area contributed by atoms with Gasteiger partial charge in [0.25, 0.3) is 0 Å². The Kier molecular flexibility index (Phi) is 1.99. The maximum atomic E-state index is 3.74. The van der Waals surface area contributed by atoms with Gasteiger partial charge in [0.15, 0.2) is 0 Å². The lowest BCUT2D eigenvalue weighted by molar-refractivity contribution is 0.528. The molecule has 2 rings (SSSR count). The van der Waals surface area contributed by atoms with Gasteiger partial charge in [-0.15, -0.1) is 0 Å². The van der Waals surface area contributed by atoms with Crippen LogP contribution in [-0.2, 0) is 0 Å². The predicted octanol–water partition coefficient (Wildman–Crippen LogP) is 3.88. The van der Waals surface area contributed by atoms with E-state index in [1.807, 2.05) is 0 Å². The first-order valence-corrected chi connectivity index (χ1v) is 5.36. The van der Waals surface area contributed by atoms with E-state index in [0.29, 0.717) is 10.7 Å². The normalized spacial score (nSPS) is 33.4. The second-order valence-electron chi connectivity index (χ2n) is 3.68. The van der Waals surface area contributed by atoms with E-state index in [-0.39, 0.29) is 0 Å². The van der Waals surface area contributed by atoms with E-state index in [2.05, 4.69) is 54.0 Å². The molecule has 3 unspecified atom stereocenters. The Hall–Kier alpha value is -0.300. The van der Waals surface area contributed by atoms with Gasteiger partial charge in [0.1, 0.15) is 0 Å². The van der Waals surface area contributed by atoms with Gasteiger partial charge in [0, 0.05) is 4.83 Å². The van der Waals surface area contributed by atoms with E-state index >= 15 is 0 Å². The summed E-state index contributed by atoms with van der Waals surface area (Å²) in [4.78, 5) is 0.559. The number of hydrogen-bond donors (Lipinski definition) is 0. The number of halogens is 1. The number of hydrogen-bond acceptors (Lipinski definition) is 0. The van der Waals surface area contributed by atoms with Crippen molar-refractivity contribution >= 4 is 15.9 Å². The van der Waals surface area contributed by atoms with Crippen molar-refractivity contribution in [3.8, 4) is 0 Å². The lowest BCUT2D eigenvalue weighted by Crippen LogP contribution is -1.99. The van der Waals surface area contributed by atoms with Crippen molar-refractivity contribution in [2.45, 2.75) is 24.6 Å². The molecule has 0 aliphatic heterocycles. The Morgan fingerprint density at radius 1 is 1.08 bits per heavy atom. The molecule has 0 saturated heterocycles. The summed E-state index contributed by atoms with van der Waals surface area (Å²) < 4.78 is 0. The standard InChI is InChI=1S/C11H13Br/c1-7-8(2)11(12)10-6-4-3-5-9(7)10/h3-8,11H,1-2H3. The molecule has 0 nitrogen and oxygen atoms in total. The topological polar surface area (TPSA) is 0 Å². The summed E-state index contributed by atoms with van der Waals surface area (Å²) in [6.07, 6.45) is 0. The van der Waals surface area contributed by atoms with Crippen LogP contribution in [0.1, 0.15) is 35.7 Å². The van der Waals surface area contributed by atoms with Crippen LogP contribution >= 0.6 is 15.9 Å². The van der Waals surface area contributed by atoms with Gasteiger partial charge in [-0.2, -0.15) is 0 Å². The second-order valence-corrected chi connectivity index (χ2v) is 4.66. The molecule has 64 valence electrons. The fourth-order valence-corrected chi connectivity index (χ4v) is 2.87. The van der Waals surface area contributed by atoms with Crippen molar-refractivity contribution in [1.82, 2.24) is 0 Å². The highest BCUT2D eigenvalue weighted by molar-refractivity contribution is 9.09. The van der Waals surface area contributed by atoms with Gasteiger partial charge < -0.3 is 0 Å². The summed E-state index contributed by atoms with van der Waals surface area (Å²) >= 11 is 3.74. The van der Waals surface area contributed by atoms with Crippen LogP contribution in [0.4, 0.5) is 0 Å². The molecule has 1 aromatic carbocycles. The summed E-state index contributed by atoms with van der Waals surface area (Å²) in [6.45, 7) is 4.62. The van der Waals surface area contributed by atoms with Crippen LogP contribution in [0.15, 0.2) is 24.3 Å². The Bertz CT molecular complexity index is 264. The summed E-state index contributed by atoms with van der Waals surface area (Å²) in [5.41, 5.74) is 3.00. The number of alkyl halides is 1. The van der Waals surface area contributed by atoms with Gasteiger partial charge >= 0.3 is 0 Å². The lowest BCUT2D eigenvalue weighted by Gasteiger charge is -2.11. The molecule has 0 bridgehead atoms. The maximum absolute atomic E-state index is 3.74. The molecule has 12 heavy (non-hydrogen) atoms. The smallest absolute Gasteiger partial charge is 0.0429 e. The molecule has 1 heteroatoms. The van der Waals surface area contributed by atoms with Crippen LogP contribution in [-0.4, -0.2) is 0 Å². The molecule has 0 amide bonds. The van der Waals surface area contributed by atoms with Crippen molar-refractivity contribution in [3.63, 3.8) is 0 Å². The Morgan fingerprint density at radius 3 is 2.25 bits per heavy atom. The molecule has 1 aromatic rings. The van der Waals surface area contributed by atoms with Gasteiger partial charge in [0.05, 0.1) is 0 Å². The van der Waals surface area contributed by atoms with Crippen LogP contribution in [0.3, 0.4) is 0 Å². The molecule has 1 aliphatic rings. The average Bonchev–Trinajstić information content (AvgIpc) is 2.33. The molecular weight excluding hydrogens is 212 g/mol. The van der Waals surface area contributed by atoms with Gasteiger partial charge in [0.2, 0.25) is 0 Å². The van der Waals surface area contributed by atoms with Crippen LogP contribution in [0, 0.1) is 5.92 Å². The zero-order valence-corrected chi connectivity index (χ0v) is 9.01. The highest BCUT2D eigenvalue weighted by Crippen LogP contribution is 2.48. The van der Waals surface area contributed by atoms with E-state index in [4.69, 9.17) is 0 Å². The third-order valence-electron chi connectivity index (χ3n) is 3.03. The minimum atomic E-state index is 0.559. The van der Waals surface area contributed by atoms with E-state index in [1.165, 1.54) is 11.1 Å². The number of rotatable bonds is 0. The maximum Gasteiger partial charge on any atom is 0.0429 e. The molecule has 0 N–H and O–H groups in total. The fraction of sp³-hybridized carbons (Fsp3) is 0.455. The van der Waals surface area contributed by atoms with E-state index in [1.54, 1.807) is 0 Å². The van der Waals surface area contributed by atoms with Crippen LogP contribution < -0.4 is 0 Å². The van der Waals surface area contributed by atoms with Crippen molar-refractivity contribution in [3.05, 3.63) is 35.4 Å². The van der Waals surface area contributed by atoms with Crippen molar-refractivity contribution in [2.24, 2.45) is 5.92 Å². The summed E-state index contributed by atoms with van der Waals surface area (Å²) in [6, 6.07) is 8.73. The Morgan fingerprint density at radius 2 is 1.67 bits per heavy atom. The molecule has 0 heterocycles. The van der Waals surface area contributed by atoms with Crippen LogP contribution in [0.5, 0.6) is 0 Å². The molecule has 0 spiro atoms. The molecule has 0 radical (unpaired) electrons. The minimum absolute atomic E-state index is 0.559. The quantitative estimate of drug-likeness (QED) is 0.588. The summed E-state index contributed by atoms with van der Waals surface area (Å²) in [5.74, 6) is 1.42. The van der Waals surface area contributed by atoms with Gasteiger partial charge in [-0.25, -0.2) is 0 Å². The van der Waals surface area contributed by atoms with Gasteiger partial charge in [-0.3, -0.25) is 0 Å². The average molecular weight is 225 g/mol. The SMILES string of the molecule is CC1c2ccccc2C(Br)C1C. The first-order valence-electron chi connectivity index (χ1n) is 4.44. The number of fused-ring (bicyclic) bond motifs is 1. The third-order valence-corrected chi connectivity index (χ3v) is 4.36.